The molecular weight excluding hydrogens is 256 g/mol. The van der Waals surface area contributed by atoms with Crippen molar-refractivity contribution in [2.45, 2.75) is 45.6 Å². The molecule has 0 bridgehead atoms. The lowest BCUT2D eigenvalue weighted by molar-refractivity contribution is -0.123. The van der Waals surface area contributed by atoms with E-state index in [4.69, 9.17) is 15.2 Å². The van der Waals surface area contributed by atoms with Gasteiger partial charge in [-0.05, 0) is 31.1 Å². The van der Waals surface area contributed by atoms with Gasteiger partial charge >= 0.3 is 0 Å². The van der Waals surface area contributed by atoms with Crippen LogP contribution in [-0.4, -0.2) is 44.9 Å². The van der Waals surface area contributed by atoms with E-state index in [0.717, 1.165) is 45.5 Å². The van der Waals surface area contributed by atoms with Crippen LogP contribution >= 0.6 is 0 Å². The van der Waals surface area contributed by atoms with Crippen LogP contribution < -0.4 is 11.1 Å². The zero-order valence-corrected chi connectivity index (χ0v) is 12.9. The molecule has 1 saturated heterocycles. The summed E-state index contributed by atoms with van der Waals surface area (Å²) >= 11 is 0. The SMILES string of the molecule is CCC(C)C(N)C(=O)NCCCOCC1CCOCC1. The molecular formula is C15H30N2O3. The second-order valence-corrected chi connectivity index (χ2v) is 5.69. The Morgan fingerprint density at radius 1 is 1.45 bits per heavy atom. The summed E-state index contributed by atoms with van der Waals surface area (Å²) in [6, 6.07) is -0.400. The highest BCUT2D eigenvalue weighted by Crippen LogP contribution is 2.14. The van der Waals surface area contributed by atoms with E-state index in [0.29, 0.717) is 19.1 Å². The normalized spacial score (nSPS) is 19.6. The summed E-state index contributed by atoms with van der Waals surface area (Å²) in [4.78, 5) is 11.7. The molecule has 2 unspecified atom stereocenters. The van der Waals surface area contributed by atoms with Crippen LogP contribution in [0.2, 0.25) is 0 Å². The Morgan fingerprint density at radius 3 is 2.80 bits per heavy atom. The van der Waals surface area contributed by atoms with Crippen LogP contribution in [0.4, 0.5) is 0 Å². The van der Waals surface area contributed by atoms with Gasteiger partial charge in [0.1, 0.15) is 0 Å². The van der Waals surface area contributed by atoms with Crippen LogP contribution in [0.3, 0.4) is 0 Å². The molecule has 5 nitrogen and oxygen atoms in total. The van der Waals surface area contributed by atoms with Gasteiger partial charge in [-0.25, -0.2) is 0 Å². The second kappa shape index (κ2) is 10.1. The minimum atomic E-state index is -0.400. The minimum absolute atomic E-state index is 0.0521. The highest BCUT2D eigenvalue weighted by atomic mass is 16.5. The number of rotatable bonds is 9. The van der Waals surface area contributed by atoms with Crippen molar-refractivity contribution in [2.24, 2.45) is 17.6 Å². The van der Waals surface area contributed by atoms with E-state index in [2.05, 4.69) is 5.32 Å². The monoisotopic (exact) mass is 286 g/mol. The molecule has 2 atom stereocenters. The highest BCUT2D eigenvalue weighted by molar-refractivity contribution is 5.81. The predicted molar refractivity (Wildman–Crippen MR) is 79.4 cm³/mol. The molecule has 0 saturated carbocycles. The van der Waals surface area contributed by atoms with Crippen molar-refractivity contribution in [3.8, 4) is 0 Å². The standard InChI is InChI=1S/C15H30N2O3/c1-3-12(2)14(16)15(18)17-7-4-8-20-11-13-5-9-19-10-6-13/h12-14H,3-11,16H2,1-2H3,(H,17,18). The van der Waals surface area contributed by atoms with Crippen molar-refractivity contribution in [1.29, 1.82) is 0 Å². The minimum Gasteiger partial charge on any atom is -0.381 e. The number of carbonyl (C=O) groups is 1. The summed E-state index contributed by atoms with van der Waals surface area (Å²) < 4.78 is 11.0. The van der Waals surface area contributed by atoms with E-state index in [9.17, 15) is 4.79 Å². The maximum Gasteiger partial charge on any atom is 0.237 e. The molecule has 1 aliphatic heterocycles. The zero-order valence-electron chi connectivity index (χ0n) is 12.9. The Kier molecular flexibility index (Phi) is 8.82. The maximum absolute atomic E-state index is 11.7. The molecule has 0 spiro atoms. The van der Waals surface area contributed by atoms with Crippen LogP contribution in [0.5, 0.6) is 0 Å². The van der Waals surface area contributed by atoms with Crippen molar-refractivity contribution in [3.05, 3.63) is 0 Å². The number of nitrogens with two attached hydrogens (primary N) is 1. The predicted octanol–water partition coefficient (Wildman–Crippen LogP) is 1.31. The summed E-state index contributed by atoms with van der Waals surface area (Å²) in [6.07, 6.45) is 3.95. The molecule has 0 aromatic heterocycles. The fourth-order valence-corrected chi connectivity index (χ4v) is 2.18. The summed E-state index contributed by atoms with van der Waals surface area (Å²) in [5.41, 5.74) is 5.85. The van der Waals surface area contributed by atoms with Crippen LogP contribution in [0.15, 0.2) is 0 Å². The van der Waals surface area contributed by atoms with E-state index in [1.54, 1.807) is 0 Å². The molecule has 0 aromatic carbocycles. The first-order valence-electron chi connectivity index (χ1n) is 7.84. The first-order valence-corrected chi connectivity index (χ1v) is 7.84. The van der Waals surface area contributed by atoms with Gasteiger partial charge in [-0.15, -0.1) is 0 Å². The Balaban J connectivity index is 1.97. The van der Waals surface area contributed by atoms with Crippen molar-refractivity contribution in [3.63, 3.8) is 0 Å². The van der Waals surface area contributed by atoms with Crippen molar-refractivity contribution in [2.75, 3.05) is 33.0 Å². The molecule has 20 heavy (non-hydrogen) atoms. The summed E-state index contributed by atoms with van der Waals surface area (Å²) in [5, 5.41) is 2.87. The molecule has 1 aliphatic rings. The third kappa shape index (κ3) is 6.68. The van der Waals surface area contributed by atoms with E-state index < -0.39 is 6.04 Å². The van der Waals surface area contributed by atoms with Crippen molar-refractivity contribution >= 4 is 5.91 Å². The van der Waals surface area contributed by atoms with Crippen LogP contribution in [0.1, 0.15) is 39.5 Å². The molecule has 0 aliphatic carbocycles. The number of amides is 1. The van der Waals surface area contributed by atoms with E-state index in [1.165, 1.54) is 0 Å². The zero-order chi connectivity index (χ0) is 14.8. The second-order valence-electron chi connectivity index (χ2n) is 5.69. The lowest BCUT2D eigenvalue weighted by atomic mass is 9.99. The molecule has 1 amide bonds. The number of nitrogens with one attached hydrogen (secondary N) is 1. The molecule has 1 heterocycles. The Labute approximate surface area is 122 Å². The smallest absolute Gasteiger partial charge is 0.237 e. The lowest BCUT2D eigenvalue weighted by Gasteiger charge is -2.21. The van der Waals surface area contributed by atoms with Gasteiger partial charge in [-0.2, -0.15) is 0 Å². The molecule has 0 aromatic rings. The van der Waals surface area contributed by atoms with Gasteiger partial charge in [-0.3, -0.25) is 4.79 Å². The van der Waals surface area contributed by atoms with Crippen molar-refractivity contribution < 1.29 is 14.3 Å². The van der Waals surface area contributed by atoms with Gasteiger partial charge in [0.25, 0.3) is 0 Å². The number of ether oxygens (including phenoxy) is 2. The average molecular weight is 286 g/mol. The Morgan fingerprint density at radius 2 is 2.15 bits per heavy atom. The first kappa shape index (κ1) is 17.4. The lowest BCUT2D eigenvalue weighted by Crippen LogP contribution is -2.45. The van der Waals surface area contributed by atoms with Crippen LogP contribution in [0, 0.1) is 11.8 Å². The summed E-state index contributed by atoms with van der Waals surface area (Å²) in [6.45, 7) is 7.90. The summed E-state index contributed by atoms with van der Waals surface area (Å²) in [5.74, 6) is 0.806. The molecule has 0 radical (unpaired) electrons. The third-order valence-corrected chi connectivity index (χ3v) is 4.02. The maximum atomic E-state index is 11.7. The van der Waals surface area contributed by atoms with Gasteiger partial charge in [-0.1, -0.05) is 20.3 Å². The van der Waals surface area contributed by atoms with Gasteiger partial charge < -0.3 is 20.5 Å². The van der Waals surface area contributed by atoms with E-state index in [1.807, 2.05) is 13.8 Å². The number of carbonyl (C=O) groups excluding carboxylic acids is 1. The van der Waals surface area contributed by atoms with Crippen LogP contribution in [0.25, 0.3) is 0 Å². The fourth-order valence-electron chi connectivity index (χ4n) is 2.18. The molecule has 118 valence electrons. The number of hydrogen-bond donors (Lipinski definition) is 2. The highest BCUT2D eigenvalue weighted by Gasteiger charge is 2.18. The number of hydrogen-bond acceptors (Lipinski definition) is 4. The quantitative estimate of drug-likeness (QED) is 0.627. The van der Waals surface area contributed by atoms with Crippen molar-refractivity contribution in [1.82, 2.24) is 5.32 Å². The van der Waals surface area contributed by atoms with Gasteiger partial charge in [0.05, 0.1) is 6.04 Å². The average Bonchev–Trinajstić information content (AvgIpc) is 2.49. The van der Waals surface area contributed by atoms with Gasteiger partial charge in [0, 0.05) is 33.0 Å². The largest absolute Gasteiger partial charge is 0.381 e. The topological polar surface area (TPSA) is 73.6 Å². The first-order chi connectivity index (χ1) is 9.65. The van der Waals surface area contributed by atoms with E-state index >= 15 is 0 Å². The van der Waals surface area contributed by atoms with Crippen LogP contribution in [-0.2, 0) is 14.3 Å². The molecule has 3 N–H and O–H groups in total. The Hall–Kier alpha value is -0.650. The molecule has 1 fully saturated rings. The van der Waals surface area contributed by atoms with E-state index in [-0.39, 0.29) is 11.8 Å². The third-order valence-electron chi connectivity index (χ3n) is 4.02. The molecule has 5 heteroatoms. The summed E-state index contributed by atoms with van der Waals surface area (Å²) in [7, 11) is 0. The van der Waals surface area contributed by atoms with Gasteiger partial charge in [0.15, 0.2) is 0 Å². The van der Waals surface area contributed by atoms with Gasteiger partial charge in [0.2, 0.25) is 5.91 Å². The molecule has 1 rings (SSSR count). The fraction of sp³-hybridized carbons (Fsp3) is 0.933. The Bertz CT molecular complexity index is 268.